The first-order chi connectivity index (χ1) is 8.52. The van der Waals surface area contributed by atoms with E-state index in [4.69, 9.17) is 5.11 Å². The third kappa shape index (κ3) is 4.84. The number of carbonyl (C=O) groups excluding carboxylic acids is 1. The van der Waals surface area contributed by atoms with Crippen LogP contribution in [0, 0.1) is 11.7 Å². The highest BCUT2D eigenvalue weighted by atomic mass is 19.1. The number of aliphatic hydroxyl groups is 1. The van der Waals surface area contributed by atoms with Crippen molar-refractivity contribution < 1.29 is 14.3 Å². The molecule has 0 spiro atoms. The molecule has 0 aliphatic rings. The van der Waals surface area contributed by atoms with E-state index in [0.717, 1.165) is 0 Å². The zero-order valence-corrected chi connectivity index (χ0v) is 10.8. The van der Waals surface area contributed by atoms with E-state index in [1.54, 1.807) is 12.1 Å². The molecule has 0 radical (unpaired) electrons. The molecule has 0 saturated carbocycles. The number of hydrogen-bond acceptors (Lipinski definition) is 2. The van der Waals surface area contributed by atoms with Gasteiger partial charge in [-0.3, -0.25) is 4.79 Å². The molecular weight excluding hydrogens is 233 g/mol. The van der Waals surface area contributed by atoms with Crippen LogP contribution in [-0.4, -0.2) is 23.7 Å². The summed E-state index contributed by atoms with van der Waals surface area (Å²) in [6, 6.07) is 5.97. The minimum atomic E-state index is -0.337. The summed E-state index contributed by atoms with van der Waals surface area (Å²) < 4.78 is 13.0. The van der Waals surface area contributed by atoms with Crippen molar-refractivity contribution in [1.29, 1.82) is 0 Å². The summed E-state index contributed by atoms with van der Waals surface area (Å²) in [5.41, 5.74) is 0.652. The molecule has 0 aliphatic carbocycles. The molecule has 0 bridgehead atoms. The Balaban J connectivity index is 2.55. The van der Waals surface area contributed by atoms with Crippen molar-refractivity contribution >= 4 is 5.91 Å². The SMILES string of the molecule is CC(C)C(CCO)NC(=O)Cc1cccc(F)c1. The first-order valence-electron chi connectivity index (χ1n) is 6.17. The van der Waals surface area contributed by atoms with Crippen molar-refractivity contribution in [2.45, 2.75) is 32.7 Å². The average molecular weight is 253 g/mol. The van der Waals surface area contributed by atoms with Gasteiger partial charge in [0.2, 0.25) is 5.91 Å². The van der Waals surface area contributed by atoms with Gasteiger partial charge in [-0.1, -0.05) is 26.0 Å². The number of benzene rings is 1. The van der Waals surface area contributed by atoms with Crippen LogP contribution in [0.1, 0.15) is 25.8 Å². The van der Waals surface area contributed by atoms with Crippen LogP contribution in [0.5, 0.6) is 0 Å². The lowest BCUT2D eigenvalue weighted by Crippen LogP contribution is -2.40. The fraction of sp³-hybridized carbons (Fsp3) is 0.500. The summed E-state index contributed by atoms with van der Waals surface area (Å²) in [4.78, 5) is 11.8. The van der Waals surface area contributed by atoms with Gasteiger partial charge in [0.15, 0.2) is 0 Å². The lowest BCUT2D eigenvalue weighted by Gasteiger charge is -2.21. The van der Waals surface area contributed by atoms with E-state index >= 15 is 0 Å². The van der Waals surface area contributed by atoms with Crippen LogP contribution in [0.4, 0.5) is 4.39 Å². The monoisotopic (exact) mass is 253 g/mol. The first-order valence-corrected chi connectivity index (χ1v) is 6.17. The molecule has 100 valence electrons. The molecule has 1 aromatic carbocycles. The lowest BCUT2D eigenvalue weighted by atomic mass is 10.0. The molecule has 18 heavy (non-hydrogen) atoms. The second kappa shape index (κ2) is 7.11. The Kier molecular flexibility index (Phi) is 5.78. The zero-order valence-electron chi connectivity index (χ0n) is 10.8. The normalized spacial score (nSPS) is 12.5. The highest BCUT2D eigenvalue weighted by molar-refractivity contribution is 5.78. The van der Waals surface area contributed by atoms with Gasteiger partial charge in [0, 0.05) is 12.6 Å². The molecule has 1 aromatic rings. The number of hydrogen-bond donors (Lipinski definition) is 2. The van der Waals surface area contributed by atoms with Gasteiger partial charge in [-0.15, -0.1) is 0 Å². The molecule has 2 N–H and O–H groups in total. The maximum Gasteiger partial charge on any atom is 0.224 e. The standard InChI is InChI=1S/C14H20FNO2/c1-10(2)13(6-7-17)16-14(18)9-11-4-3-5-12(15)8-11/h3-5,8,10,13,17H,6-7,9H2,1-2H3,(H,16,18). The Bertz CT molecular complexity index is 393. The summed E-state index contributed by atoms with van der Waals surface area (Å²) in [6.07, 6.45) is 0.693. The van der Waals surface area contributed by atoms with E-state index in [0.29, 0.717) is 12.0 Å². The number of rotatable bonds is 6. The van der Waals surface area contributed by atoms with Crippen LogP contribution in [0.15, 0.2) is 24.3 Å². The number of nitrogens with one attached hydrogen (secondary N) is 1. The van der Waals surface area contributed by atoms with Crippen molar-refractivity contribution in [1.82, 2.24) is 5.32 Å². The fourth-order valence-corrected chi connectivity index (χ4v) is 1.80. The molecule has 3 nitrogen and oxygen atoms in total. The van der Waals surface area contributed by atoms with Crippen molar-refractivity contribution in [3.05, 3.63) is 35.6 Å². The van der Waals surface area contributed by atoms with Crippen molar-refractivity contribution in [2.75, 3.05) is 6.61 Å². The van der Waals surface area contributed by atoms with Gasteiger partial charge < -0.3 is 10.4 Å². The number of amides is 1. The lowest BCUT2D eigenvalue weighted by molar-refractivity contribution is -0.121. The van der Waals surface area contributed by atoms with E-state index in [-0.39, 0.29) is 36.7 Å². The second-order valence-electron chi connectivity index (χ2n) is 4.74. The summed E-state index contributed by atoms with van der Waals surface area (Å²) in [5, 5.41) is 11.8. The van der Waals surface area contributed by atoms with Gasteiger partial charge >= 0.3 is 0 Å². The molecule has 1 rings (SSSR count). The minimum absolute atomic E-state index is 0.0447. The Morgan fingerprint density at radius 3 is 2.72 bits per heavy atom. The van der Waals surface area contributed by atoms with Gasteiger partial charge in [0.05, 0.1) is 6.42 Å². The summed E-state index contributed by atoms with van der Waals surface area (Å²) in [5.74, 6) is -0.225. The molecule has 0 fully saturated rings. The smallest absolute Gasteiger partial charge is 0.224 e. The number of aliphatic hydroxyl groups excluding tert-OH is 1. The summed E-state index contributed by atoms with van der Waals surface area (Å²) >= 11 is 0. The predicted molar refractivity (Wildman–Crippen MR) is 68.6 cm³/mol. The maximum absolute atomic E-state index is 13.0. The van der Waals surface area contributed by atoms with E-state index in [9.17, 15) is 9.18 Å². The third-order valence-electron chi connectivity index (χ3n) is 2.84. The van der Waals surface area contributed by atoms with E-state index < -0.39 is 0 Å². The van der Waals surface area contributed by atoms with Crippen LogP contribution in [0.2, 0.25) is 0 Å². The van der Waals surface area contributed by atoms with Crippen LogP contribution >= 0.6 is 0 Å². The number of carbonyl (C=O) groups is 1. The molecule has 0 saturated heterocycles. The van der Waals surface area contributed by atoms with E-state index in [1.807, 2.05) is 13.8 Å². The van der Waals surface area contributed by atoms with Gasteiger partial charge in [-0.25, -0.2) is 4.39 Å². The largest absolute Gasteiger partial charge is 0.396 e. The van der Waals surface area contributed by atoms with Gasteiger partial charge in [0.25, 0.3) is 0 Å². The molecule has 1 atom stereocenters. The molecule has 0 aromatic heterocycles. The molecular formula is C14H20FNO2. The Labute approximate surface area is 107 Å². The number of halogens is 1. The van der Waals surface area contributed by atoms with Gasteiger partial charge in [-0.2, -0.15) is 0 Å². The third-order valence-corrected chi connectivity index (χ3v) is 2.84. The van der Waals surface area contributed by atoms with Crippen molar-refractivity contribution in [2.24, 2.45) is 5.92 Å². The molecule has 4 heteroatoms. The highest BCUT2D eigenvalue weighted by Gasteiger charge is 2.15. The maximum atomic E-state index is 13.0. The predicted octanol–water partition coefficient (Wildman–Crippen LogP) is 1.89. The van der Waals surface area contributed by atoms with Crippen molar-refractivity contribution in [3.63, 3.8) is 0 Å². The molecule has 1 amide bonds. The summed E-state index contributed by atoms with van der Waals surface area (Å²) in [6.45, 7) is 4.02. The average Bonchev–Trinajstić information content (AvgIpc) is 2.28. The van der Waals surface area contributed by atoms with Crippen LogP contribution in [-0.2, 0) is 11.2 Å². The zero-order chi connectivity index (χ0) is 13.5. The molecule has 1 unspecified atom stereocenters. The van der Waals surface area contributed by atoms with Gasteiger partial charge in [-0.05, 0) is 30.0 Å². The molecule has 0 aliphatic heterocycles. The quantitative estimate of drug-likeness (QED) is 0.813. The van der Waals surface area contributed by atoms with Crippen molar-refractivity contribution in [3.8, 4) is 0 Å². The van der Waals surface area contributed by atoms with Crippen LogP contribution < -0.4 is 5.32 Å². The van der Waals surface area contributed by atoms with E-state index in [2.05, 4.69) is 5.32 Å². The minimum Gasteiger partial charge on any atom is -0.396 e. The van der Waals surface area contributed by atoms with E-state index in [1.165, 1.54) is 12.1 Å². The van der Waals surface area contributed by atoms with Crippen LogP contribution in [0.3, 0.4) is 0 Å². The Morgan fingerprint density at radius 1 is 1.44 bits per heavy atom. The van der Waals surface area contributed by atoms with Crippen LogP contribution in [0.25, 0.3) is 0 Å². The topological polar surface area (TPSA) is 49.3 Å². The first kappa shape index (κ1) is 14.6. The molecule has 0 heterocycles. The Morgan fingerprint density at radius 2 is 2.17 bits per heavy atom. The fourth-order valence-electron chi connectivity index (χ4n) is 1.80. The summed E-state index contributed by atoms with van der Waals surface area (Å²) in [7, 11) is 0. The highest BCUT2D eigenvalue weighted by Crippen LogP contribution is 2.08. The second-order valence-corrected chi connectivity index (χ2v) is 4.74. The Hall–Kier alpha value is -1.42. The van der Waals surface area contributed by atoms with Gasteiger partial charge in [0.1, 0.15) is 5.82 Å².